The van der Waals surface area contributed by atoms with Crippen LogP contribution in [0, 0.1) is 0 Å². The molecule has 2 aromatic carbocycles. The fraction of sp³-hybridized carbons (Fsp3) is 0. The lowest BCUT2D eigenvalue weighted by Gasteiger charge is -2.01. The predicted molar refractivity (Wildman–Crippen MR) is 99.9 cm³/mol. The van der Waals surface area contributed by atoms with Crippen molar-refractivity contribution in [3.8, 4) is 0 Å². The second-order valence-corrected chi connectivity index (χ2v) is 8.82. The maximum Gasteiger partial charge on any atom is 0.151 e. The molecule has 7 heteroatoms. The Morgan fingerprint density at radius 2 is 0.947 bits per heavy atom. The molecule has 19 heavy (non-hydrogen) atoms. The Hall–Kier alpha value is 1.12. The number of furan rings is 1. The van der Waals surface area contributed by atoms with Gasteiger partial charge in [0.25, 0.3) is 0 Å². The summed E-state index contributed by atoms with van der Waals surface area (Å²) in [4.78, 5) is 0. The molecule has 1 heterocycles. The number of fused-ring (bicyclic) bond motifs is 3. The third-order valence-corrected chi connectivity index (χ3v) is 7.85. The van der Waals surface area contributed by atoms with Crippen LogP contribution in [0.15, 0.2) is 43.4 Å². The Labute approximate surface area is 159 Å². The monoisotopic (exact) mass is 636 g/mol. The van der Waals surface area contributed by atoms with Gasteiger partial charge in [-0.2, -0.15) is 0 Å². The highest BCUT2D eigenvalue weighted by atomic mass is 79.9. The van der Waals surface area contributed by atoms with Crippen LogP contribution in [-0.4, -0.2) is 0 Å². The molecule has 98 valence electrons. The predicted octanol–water partition coefficient (Wildman–Crippen LogP) is 8.16. The molecule has 1 aromatic heterocycles. The van der Waals surface area contributed by atoms with Crippen molar-refractivity contribution in [3.63, 3.8) is 0 Å². The zero-order chi connectivity index (χ0) is 13.9. The van der Waals surface area contributed by atoms with E-state index in [1.54, 1.807) is 0 Å². The molecule has 0 unspecified atom stereocenters. The van der Waals surface area contributed by atoms with Gasteiger partial charge in [0.2, 0.25) is 0 Å². The fourth-order valence-electron chi connectivity index (χ4n) is 1.91. The van der Waals surface area contributed by atoms with Crippen LogP contribution in [0.5, 0.6) is 0 Å². The smallest absolute Gasteiger partial charge is 0.151 e. The van der Waals surface area contributed by atoms with Crippen molar-refractivity contribution in [2.24, 2.45) is 0 Å². The van der Waals surface area contributed by atoms with Crippen LogP contribution in [0.25, 0.3) is 21.9 Å². The Morgan fingerprint density at radius 3 is 1.32 bits per heavy atom. The summed E-state index contributed by atoms with van der Waals surface area (Å²) in [7, 11) is 0. The van der Waals surface area contributed by atoms with E-state index >= 15 is 0 Å². The van der Waals surface area contributed by atoms with Crippen LogP contribution in [0.2, 0.25) is 0 Å². The molecular formula is C12H2Br6O. The summed E-state index contributed by atoms with van der Waals surface area (Å²) in [5.41, 5.74) is 1.60. The van der Waals surface area contributed by atoms with Crippen molar-refractivity contribution in [1.82, 2.24) is 0 Å². The van der Waals surface area contributed by atoms with Gasteiger partial charge < -0.3 is 4.42 Å². The van der Waals surface area contributed by atoms with E-state index in [9.17, 15) is 0 Å². The second kappa shape index (κ2) is 5.39. The van der Waals surface area contributed by atoms with Crippen molar-refractivity contribution in [1.29, 1.82) is 0 Å². The van der Waals surface area contributed by atoms with Crippen LogP contribution in [0.1, 0.15) is 0 Å². The highest BCUT2D eigenvalue weighted by Crippen LogP contribution is 2.47. The topological polar surface area (TPSA) is 13.1 Å². The van der Waals surface area contributed by atoms with Gasteiger partial charge in [0.15, 0.2) is 11.2 Å². The van der Waals surface area contributed by atoms with Crippen molar-refractivity contribution >= 4 is 118 Å². The van der Waals surface area contributed by atoms with Crippen molar-refractivity contribution in [3.05, 3.63) is 39.0 Å². The van der Waals surface area contributed by atoms with Crippen molar-refractivity contribution in [2.75, 3.05) is 0 Å². The van der Waals surface area contributed by atoms with Gasteiger partial charge in [0, 0.05) is 28.7 Å². The Morgan fingerprint density at radius 1 is 0.579 bits per heavy atom. The first-order valence-corrected chi connectivity index (χ1v) is 9.70. The summed E-state index contributed by atoms with van der Waals surface area (Å²) in [6, 6.07) is 4.01. The molecule has 0 saturated carbocycles. The number of halogens is 6. The third kappa shape index (κ3) is 2.32. The molecule has 0 radical (unpaired) electrons. The minimum Gasteiger partial charge on any atom is -0.454 e. The van der Waals surface area contributed by atoms with Gasteiger partial charge >= 0.3 is 0 Å². The van der Waals surface area contributed by atoms with Crippen molar-refractivity contribution < 1.29 is 4.42 Å². The Kier molecular flexibility index (Phi) is 4.27. The minimum absolute atomic E-state index is 0.802. The summed E-state index contributed by atoms with van der Waals surface area (Å²) in [5, 5.41) is 2.07. The SMILES string of the molecule is Brc1cc(Br)c2c(oc3c(Br)c(Br)cc(Br)c32)c1Br. The summed E-state index contributed by atoms with van der Waals surface area (Å²) in [6.07, 6.45) is 0. The lowest BCUT2D eigenvalue weighted by atomic mass is 10.1. The molecule has 3 rings (SSSR count). The first kappa shape index (κ1) is 15.0. The van der Waals surface area contributed by atoms with E-state index < -0.39 is 0 Å². The zero-order valence-electron chi connectivity index (χ0n) is 8.83. The standard InChI is InChI=1S/C12H2Br6O/c13-3-1-5(15)9(17)11-7(3)8-4(14)2-6(16)10(18)12(8)19-11/h1-2H. The van der Waals surface area contributed by atoms with E-state index in [-0.39, 0.29) is 0 Å². The number of rotatable bonds is 0. The zero-order valence-corrected chi connectivity index (χ0v) is 18.3. The maximum atomic E-state index is 6.02. The van der Waals surface area contributed by atoms with Gasteiger partial charge in [0.05, 0.1) is 8.95 Å². The van der Waals surface area contributed by atoms with Gasteiger partial charge in [-0.1, -0.05) is 0 Å². The molecule has 0 fully saturated rings. The molecule has 3 aromatic rings. The van der Waals surface area contributed by atoms with Gasteiger partial charge in [-0.3, -0.25) is 0 Å². The summed E-state index contributed by atoms with van der Waals surface area (Å²) in [5.74, 6) is 0. The van der Waals surface area contributed by atoms with Crippen molar-refractivity contribution in [2.45, 2.75) is 0 Å². The van der Waals surface area contributed by atoms with E-state index in [0.717, 1.165) is 48.8 Å². The molecule has 0 atom stereocenters. The summed E-state index contributed by atoms with van der Waals surface area (Å²) < 4.78 is 11.7. The highest BCUT2D eigenvalue weighted by molar-refractivity contribution is 9.13. The molecule has 0 aliphatic carbocycles. The average molecular weight is 642 g/mol. The number of benzene rings is 2. The van der Waals surface area contributed by atoms with E-state index in [4.69, 9.17) is 4.42 Å². The first-order chi connectivity index (χ1) is 8.91. The third-order valence-electron chi connectivity index (χ3n) is 2.71. The fourth-order valence-corrected chi connectivity index (χ4v) is 5.34. The molecule has 0 aliphatic heterocycles. The molecule has 0 spiro atoms. The highest BCUT2D eigenvalue weighted by Gasteiger charge is 2.20. The Balaban J connectivity index is 2.68. The molecule has 0 N–H and O–H groups in total. The minimum atomic E-state index is 0.802. The average Bonchev–Trinajstić information content (AvgIpc) is 2.75. The number of hydrogen-bond donors (Lipinski definition) is 0. The van der Waals surface area contributed by atoms with Crippen LogP contribution in [-0.2, 0) is 0 Å². The summed E-state index contributed by atoms with van der Waals surface area (Å²) in [6.45, 7) is 0. The molecule has 0 bridgehead atoms. The second-order valence-electron chi connectivity index (χ2n) is 3.82. The first-order valence-electron chi connectivity index (χ1n) is 4.95. The lowest BCUT2D eigenvalue weighted by molar-refractivity contribution is 0.663. The molecule has 0 aliphatic rings. The van der Waals surface area contributed by atoms with Gasteiger partial charge in [0.1, 0.15) is 0 Å². The molecule has 1 nitrogen and oxygen atoms in total. The normalized spacial score (nSPS) is 11.7. The van der Waals surface area contributed by atoms with Crippen LogP contribution in [0.3, 0.4) is 0 Å². The lowest BCUT2D eigenvalue weighted by Crippen LogP contribution is -1.77. The van der Waals surface area contributed by atoms with E-state index in [1.165, 1.54) is 0 Å². The Bertz CT molecular complexity index is 767. The van der Waals surface area contributed by atoms with Crippen LogP contribution in [0.4, 0.5) is 0 Å². The van der Waals surface area contributed by atoms with Gasteiger partial charge in [-0.25, -0.2) is 0 Å². The molecule has 0 amide bonds. The van der Waals surface area contributed by atoms with E-state index in [1.807, 2.05) is 12.1 Å². The van der Waals surface area contributed by atoms with Gasteiger partial charge in [-0.15, -0.1) is 0 Å². The quantitative estimate of drug-likeness (QED) is 0.226. The largest absolute Gasteiger partial charge is 0.454 e. The summed E-state index contributed by atoms with van der Waals surface area (Å²) >= 11 is 21.3. The molecular weight excluding hydrogens is 640 g/mol. The van der Waals surface area contributed by atoms with Crippen LogP contribution >= 0.6 is 95.6 Å². The number of hydrogen-bond acceptors (Lipinski definition) is 1. The maximum absolute atomic E-state index is 6.02. The van der Waals surface area contributed by atoms with E-state index in [0.29, 0.717) is 0 Å². The van der Waals surface area contributed by atoms with Crippen LogP contribution < -0.4 is 0 Å². The van der Waals surface area contributed by atoms with Gasteiger partial charge in [-0.05, 0) is 108 Å². The van der Waals surface area contributed by atoms with E-state index in [2.05, 4.69) is 95.6 Å². The molecule has 0 saturated heterocycles.